The molecule has 0 bridgehead atoms. The lowest BCUT2D eigenvalue weighted by atomic mass is 10.2. The van der Waals surface area contributed by atoms with Crippen molar-refractivity contribution in [2.75, 3.05) is 36.5 Å². The summed E-state index contributed by atoms with van der Waals surface area (Å²) in [4.78, 5) is 10.7. The second kappa shape index (κ2) is 6.68. The molecule has 0 radical (unpaired) electrons. The molecule has 106 valence electrons. The fraction of sp³-hybridized carbons (Fsp3) is 0.692. The van der Waals surface area contributed by atoms with Crippen molar-refractivity contribution in [1.29, 1.82) is 0 Å². The number of anilines is 2. The Morgan fingerprint density at radius 2 is 2.37 bits per heavy atom. The van der Waals surface area contributed by atoms with Gasteiger partial charge in [-0.2, -0.15) is 0 Å². The highest BCUT2D eigenvalue weighted by molar-refractivity contribution is 5.49. The summed E-state index contributed by atoms with van der Waals surface area (Å²) in [5.41, 5.74) is 0. The fourth-order valence-electron chi connectivity index (χ4n) is 2.10. The van der Waals surface area contributed by atoms with Gasteiger partial charge in [0.25, 0.3) is 0 Å². The van der Waals surface area contributed by atoms with E-state index in [1.54, 1.807) is 6.33 Å². The van der Waals surface area contributed by atoms with Gasteiger partial charge in [-0.05, 0) is 13.3 Å². The van der Waals surface area contributed by atoms with E-state index in [-0.39, 0.29) is 18.8 Å². The van der Waals surface area contributed by atoms with Gasteiger partial charge in [0.1, 0.15) is 18.0 Å². The number of hydrogen-bond donors (Lipinski definition) is 2. The average molecular weight is 266 g/mol. The molecule has 1 fully saturated rings. The van der Waals surface area contributed by atoms with Crippen molar-refractivity contribution in [1.82, 2.24) is 9.97 Å². The quantitative estimate of drug-likeness (QED) is 0.824. The molecule has 2 unspecified atom stereocenters. The van der Waals surface area contributed by atoms with Crippen LogP contribution < -0.4 is 10.2 Å². The molecule has 0 aliphatic carbocycles. The number of nitrogens with zero attached hydrogens (tertiary/aromatic N) is 3. The number of aliphatic hydroxyl groups is 1. The summed E-state index contributed by atoms with van der Waals surface area (Å²) >= 11 is 0. The summed E-state index contributed by atoms with van der Waals surface area (Å²) in [5.74, 6) is 1.72. The van der Waals surface area contributed by atoms with E-state index in [1.165, 1.54) is 0 Å². The lowest BCUT2D eigenvalue weighted by molar-refractivity contribution is -0.0105. The number of morpholine rings is 1. The predicted molar refractivity (Wildman–Crippen MR) is 74.4 cm³/mol. The van der Waals surface area contributed by atoms with Crippen LogP contribution in [0.1, 0.15) is 20.3 Å². The summed E-state index contributed by atoms with van der Waals surface area (Å²) < 4.78 is 5.54. The Morgan fingerprint density at radius 1 is 1.53 bits per heavy atom. The van der Waals surface area contributed by atoms with Crippen molar-refractivity contribution in [2.45, 2.75) is 32.4 Å². The third-order valence-corrected chi connectivity index (χ3v) is 3.21. The molecule has 6 heteroatoms. The van der Waals surface area contributed by atoms with Crippen molar-refractivity contribution in [3.05, 3.63) is 12.4 Å². The second-order valence-electron chi connectivity index (χ2n) is 4.83. The Labute approximate surface area is 113 Å². The first-order valence-electron chi connectivity index (χ1n) is 6.79. The van der Waals surface area contributed by atoms with Gasteiger partial charge in [-0.15, -0.1) is 0 Å². The molecular formula is C13H22N4O2. The molecule has 1 aliphatic rings. The fourth-order valence-corrected chi connectivity index (χ4v) is 2.10. The molecule has 2 rings (SSSR count). The molecule has 2 N–H and O–H groups in total. The van der Waals surface area contributed by atoms with Gasteiger partial charge in [-0.1, -0.05) is 6.92 Å². The van der Waals surface area contributed by atoms with Crippen molar-refractivity contribution in [3.63, 3.8) is 0 Å². The Bertz CT molecular complexity index is 402. The molecule has 0 aromatic carbocycles. The molecule has 1 aromatic heterocycles. The molecule has 1 aromatic rings. The first kappa shape index (κ1) is 14.0. The van der Waals surface area contributed by atoms with E-state index in [2.05, 4.69) is 34.0 Å². The van der Waals surface area contributed by atoms with Crippen molar-refractivity contribution in [3.8, 4) is 0 Å². The van der Waals surface area contributed by atoms with Gasteiger partial charge in [0, 0.05) is 19.2 Å². The van der Waals surface area contributed by atoms with E-state index >= 15 is 0 Å². The molecule has 0 spiro atoms. The second-order valence-corrected chi connectivity index (χ2v) is 4.83. The smallest absolute Gasteiger partial charge is 0.134 e. The van der Waals surface area contributed by atoms with Gasteiger partial charge in [-0.25, -0.2) is 9.97 Å². The number of aromatic nitrogens is 2. The highest BCUT2D eigenvalue weighted by atomic mass is 16.5. The lowest BCUT2D eigenvalue weighted by Crippen LogP contribution is -2.50. The van der Waals surface area contributed by atoms with Crippen LogP contribution in [0.5, 0.6) is 0 Å². The summed E-state index contributed by atoms with van der Waals surface area (Å²) in [7, 11) is 0. The molecule has 0 saturated carbocycles. The van der Waals surface area contributed by atoms with Crippen LogP contribution >= 0.6 is 0 Å². The number of aliphatic hydroxyl groups excluding tert-OH is 1. The molecule has 1 aliphatic heterocycles. The van der Waals surface area contributed by atoms with Crippen LogP contribution in [-0.4, -0.2) is 53.5 Å². The molecule has 1 saturated heterocycles. The van der Waals surface area contributed by atoms with Gasteiger partial charge in [0.15, 0.2) is 0 Å². The first-order valence-corrected chi connectivity index (χ1v) is 6.79. The third-order valence-electron chi connectivity index (χ3n) is 3.21. The summed E-state index contributed by atoms with van der Waals surface area (Å²) in [6, 6.07) is 2.20. The van der Waals surface area contributed by atoms with Gasteiger partial charge >= 0.3 is 0 Å². The molecule has 6 nitrogen and oxygen atoms in total. The molecule has 2 heterocycles. The van der Waals surface area contributed by atoms with E-state index in [4.69, 9.17) is 4.74 Å². The van der Waals surface area contributed by atoms with Gasteiger partial charge in [0.05, 0.1) is 25.4 Å². The van der Waals surface area contributed by atoms with Crippen LogP contribution in [0.2, 0.25) is 0 Å². The van der Waals surface area contributed by atoms with E-state index in [0.717, 1.165) is 24.6 Å². The van der Waals surface area contributed by atoms with Crippen LogP contribution in [0, 0.1) is 0 Å². The maximum atomic E-state index is 9.22. The molecule has 2 atom stereocenters. The highest BCUT2D eigenvalue weighted by Gasteiger charge is 2.26. The highest BCUT2D eigenvalue weighted by Crippen LogP contribution is 2.21. The van der Waals surface area contributed by atoms with E-state index in [0.29, 0.717) is 13.2 Å². The number of rotatable bonds is 5. The van der Waals surface area contributed by atoms with Crippen molar-refractivity contribution < 1.29 is 9.84 Å². The largest absolute Gasteiger partial charge is 0.394 e. The number of nitrogens with one attached hydrogen (secondary N) is 1. The Hall–Kier alpha value is -1.40. The summed E-state index contributed by atoms with van der Waals surface area (Å²) in [5, 5.41) is 12.5. The van der Waals surface area contributed by atoms with Crippen LogP contribution in [-0.2, 0) is 4.74 Å². The van der Waals surface area contributed by atoms with Crippen LogP contribution in [0.4, 0.5) is 11.6 Å². The zero-order valence-electron chi connectivity index (χ0n) is 11.5. The van der Waals surface area contributed by atoms with Crippen LogP contribution in [0.25, 0.3) is 0 Å². The summed E-state index contributed by atoms with van der Waals surface area (Å²) in [6.45, 7) is 6.40. The predicted octanol–water partition coefficient (Wildman–Crippen LogP) is 0.884. The molecule has 0 amide bonds. The Kier molecular flexibility index (Phi) is 4.93. The number of hydrogen-bond acceptors (Lipinski definition) is 6. The zero-order valence-corrected chi connectivity index (χ0v) is 11.5. The molecular weight excluding hydrogens is 244 g/mol. The maximum absolute atomic E-state index is 9.22. The topological polar surface area (TPSA) is 70.5 Å². The van der Waals surface area contributed by atoms with Gasteiger partial charge in [0.2, 0.25) is 0 Å². The number of ether oxygens (including phenoxy) is 1. The Balaban J connectivity index is 2.10. The molecule has 19 heavy (non-hydrogen) atoms. The standard InChI is InChI=1S/C13H22N4O2/c1-3-4-14-12-5-13(16-9-15-12)17-6-11(7-18)19-8-10(17)2/h5,9-11,18H,3-4,6-8H2,1-2H3,(H,14,15,16). The van der Waals surface area contributed by atoms with E-state index in [9.17, 15) is 5.11 Å². The van der Waals surface area contributed by atoms with Crippen LogP contribution in [0.3, 0.4) is 0 Å². The SMILES string of the molecule is CCCNc1cc(N2CC(CO)OCC2C)ncn1. The van der Waals surface area contributed by atoms with E-state index in [1.807, 2.05) is 6.07 Å². The summed E-state index contributed by atoms with van der Waals surface area (Å²) in [6.07, 6.45) is 2.49. The lowest BCUT2D eigenvalue weighted by Gasteiger charge is -2.38. The maximum Gasteiger partial charge on any atom is 0.134 e. The monoisotopic (exact) mass is 266 g/mol. The minimum atomic E-state index is -0.141. The van der Waals surface area contributed by atoms with E-state index < -0.39 is 0 Å². The normalized spacial score (nSPS) is 23.4. The first-order chi connectivity index (χ1) is 9.24. The average Bonchev–Trinajstić information content (AvgIpc) is 2.46. The van der Waals surface area contributed by atoms with Crippen molar-refractivity contribution in [2.24, 2.45) is 0 Å². The zero-order chi connectivity index (χ0) is 13.7. The van der Waals surface area contributed by atoms with Crippen molar-refractivity contribution >= 4 is 11.6 Å². The van der Waals surface area contributed by atoms with Crippen LogP contribution in [0.15, 0.2) is 12.4 Å². The third kappa shape index (κ3) is 3.54. The Morgan fingerprint density at radius 3 is 3.11 bits per heavy atom. The van der Waals surface area contributed by atoms with Gasteiger partial charge in [-0.3, -0.25) is 0 Å². The minimum absolute atomic E-state index is 0.0369. The minimum Gasteiger partial charge on any atom is -0.394 e. The van der Waals surface area contributed by atoms with Gasteiger partial charge < -0.3 is 20.1 Å².